The number of hydrogen-bond donors (Lipinski definition) is 1. The van der Waals surface area contributed by atoms with E-state index in [9.17, 15) is 4.39 Å². The van der Waals surface area contributed by atoms with Crippen molar-refractivity contribution < 1.29 is 4.39 Å². The van der Waals surface area contributed by atoms with E-state index in [1.54, 1.807) is 35.8 Å². The Morgan fingerprint density at radius 2 is 2.10 bits per heavy atom. The van der Waals surface area contributed by atoms with Crippen LogP contribution in [0.25, 0.3) is 16.7 Å². The smallest absolute Gasteiger partial charge is 0.182 e. The van der Waals surface area contributed by atoms with Gasteiger partial charge in [0.05, 0.1) is 33.4 Å². The monoisotopic (exact) mass is 317 g/mol. The highest BCUT2D eigenvalue weighted by Gasteiger charge is 2.12. The second kappa shape index (κ2) is 4.99. The van der Waals surface area contributed by atoms with Crippen LogP contribution in [0.15, 0.2) is 30.3 Å². The number of fused-ring (bicyclic) bond motifs is 1. The lowest BCUT2D eigenvalue weighted by molar-refractivity contribution is 0.620. The van der Waals surface area contributed by atoms with Crippen LogP contribution < -0.4 is 0 Å². The van der Waals surface area contributed by atoms with Gasteiger partial charge in [0.25, 0.3) is 0 Å². The molecule has 1 heterocycles. The second-order valence-electron chi connectivity index (χ2n) is 4.66. The third-order valence-corrected chi connectivity index (χ3v) is 3.88. The molecule has 3 nitrogen and oxygen atoms in total. The van der Waals surface area contributed by atoms with E-state index in [1.165, 1.54) is 6.07 Å². The summed E-state index contributed by atoms with van der Waals surface area (Å²) in [5, 5.41) is 9.49. The van der Waals surface area contributed by atoms with Crippen LogP contribution in [0.1, 0.15) is 11.1 Å². The summed E-state index contributed by atoms with van der Waals surface area (Å²) in [5.74, 6) is -0.303. The lowest BCUT2D eigenvalue weighted by Gasteiger charge is -2.08. The first-order valence-electron chi connectivity index (χ1n) is 6.12. The summed E-state index contributed by atoms with van der Waals surface area (Å²) in [7, 11) is 0. The summed E-state index contributed by atoms with van der Waals surface area (Å²) in [6.07, 6.45) is 0. The molecule has 3 rings (SSSR count). The van der Waals surface area contributed by atoms with Gasteiger partial charge in [0, 0.05) is 0 Å². The standard InChI is InChI=1S/C15H9ClFN3S/c1-8-4-14-12(6-11(8)17)19-15(21)20(14)13-5-9(7-18)2-3-10(13)16/h2-6H,1H3,(H,19,21). The number of hydrogen-bond acceptors (Lipinski definition) is 2. The average molecular weight is 318 g/mol. The van der Waals surface area contributed by atoms with E-state index in [0.717, 1.165) is 5.52 Å². The van der Waals surface area contributed by atoms with E-state index in [0.29, 0.717) is 32.1 Å². The van der Waals surface area contributed by atoms with Crippen LogP contribution in [0.3, 0.4) is 0 Å². The number of imidazole rings is 1. The van der Waals surface area contributed by atoms with E-state index >= 15 is 0 Å². The third kappa shape index (κ3) is 2.23. The number of nitriles is 1. The fraction of sp³-hybridized carbons (Fsp3) is 0.0667. The van der Waals surface area contributed by atoms with Gasteiger partial charge in [0.2, 0.25) is 0 Å². The van der Waals surface area contributed by atoms with E-state index < -0.39 is 0 Å². The van der Waals surface area contributed by atoms with Crippen LogP contribution in [0, 0.1) is 28.8 Å². The molecule has 0 amide bonds. The SMILES string of the molecule is Cc1cc2c(cc1F)[nH]c(=S)n2-c1cc(C#N)ccc1Cl. The first-order chi connectivity index (χ1) is 10.0. The largest absolute Gasteiger partial charge is 0.330 e. The molecule has 1 N–H and O–H groups in total. The highest BCUT2D eigenvalue weighted by atomic mass is 35.5. The topological polar surface area (TPSA) is 44.5 Å². The van der Waals surface area contributed by atoms with Gasteiger partial charge in [-0.3, -0.25) is 4.57 Å². The highest BCUT2D eigenvalue weighted by molar-refractivity contribution is 7.71. The number of aromatic amines is 1. The van der Waals surface area contributed by atoms with Crippen molar-refractivity contribution >= 4 is 34.9 Å². The normalized spacial score (nSPS) is 10.8. The van der Waals surface area contributed by atoms with Gasteiger partial charge in [-0.05, 0) is 55.0 Å². The van der Waals surface area contributed by atoms with Crippen LogP contribution in [-0.4, -0.2) is 9.55 Å². The first kappa shape index (κ1) is 13.8. The predicted molar refractivity (Wildman–Crippen MR) is 82.9 cm³/mol. The van der Waals surface area contributed by atoms with Crippen LogP contribution in [0.2, 0.25) is 5.02 Å². The van der Waals surface area contributed by atoms with Crippen molar-refractivity contribution in [2.45, 2.75) is 6.92 Å². The minimum absolute atomic E-state index is 0.303. The number of halogens is 2. The van der Waals surface area contributed by atoms with Gasteiger partial charge in [0.15, 0.2) is 4.77 Å². The molecule has 1 aromatic heterocycles. The highest BCUT2D eigenvalue weighted by Crippen LogP contribution is 2.27. The van der Waals surface area contributed by atoms with Crippen LogP contribution in [0.5, 0.6) is 0 Å². The minimum atomic E-state index is -0.303. The Labute approximate surface area is 130 Å². The molecular weight excluding hydrogens is 309 g/mol. The molecular formula is C15H9ClFN3S. The van der Waals surface area contributed by atoms with Gasteiger partial charge in [0.1, 0.15) is 5.82 Å². The van der Waals surface area contributed by atoms with Crippen molar-refractivity contribution in [1.29, 1.82) is 5.26 Å². The van der Waals surface area contributed by atoms with Gasteiger partial charge in [-0.15, -0.1) is 0 Å². The van der Waals surface area contributed by atoms with Crippen molar-refractivity contribution in [3.8, 4) is 11.8 Å². The van der Waals surface area contributed by atoms with E-state index in [1.807, 2.05) is 0 Å². The molecule has 0 spiro atoms. The molecule has 0 atom stereocenters. The first-order valence-corrected chi connectivity index (χ1v) is 6.91. The van der Waals surface area contributed by atoms with E-state index in [-0.39, 0.29) is 5.82 Å². The average Bonchev–Trinajstić information content (AvgIpc) is 2.75. The summed E-state index contributed by atoms with van der Waals surface area (Å²) in [6, 6.07) is 10.1. The van der Waals surface area contributed by atoms with E-state index in [4.69, 9.17) is 29.1 Å². The second-order valence-corrected chi connectivity index (χ2v) is 5.46. The number of rotatable bonds is 1. The molecule has 0 fully saturated rings. The van der Waals surface area contributed by atoms with Crippen molar-refractivity contribution in [1.82, 2.24) is 9.55 Å². The Bertz CT molecular complexity index is 965. The van der Waals surface area contributed by atoms with Crippen LogP contribution in [0.4, 0.5) is 4.39 Å². The lowest BCUT2D eigenvalue weighted by Crippen LogP contribution is -1.96. The van der Waals surface area contributed by atoms with Gasteiger partial charge in [-0.1, -0.05) is 11.6 Å². The zero-order valence-electron chi connectivity index (χ0n) is 10.9. The molecule has 0 aliphatic heterocycles. The molecule has 0 aliphatic carbocycles. The van der Waals surface area contributed by atoms with Crippen molar-refractivity contribution in [3.63, 3.8) is 0 Å². The van der Waals surface area contributed by atoms with Gasteiger partial charge in [-0.2, -0.15) is 5.26 Å². The zero-order chi connectivity index (χ0) is 15.1. The Hall–Kier alpha value is -2.16. The molecule has 0 aliphatic rings. The van der Waals surface area contributed by atoms with Gasteiger partial charge < -0.3 is 4.98 Å². The summed E-state index contributed by atoms with van der Waals surface area (Å²) in [5.41, 5.74) is 2.89. The molecule has 0 saturated carbocycles. The molecule has 21 heavy (non-hydrogen) atoms. The maximum absolute atomic E-state index is 13.7. The Morgan fingerprint density at radius 3 is 2.81 bits per heavy atom. The lowest BCUT2D eigenvalue weighted by atomic mass is 10.2. The number of aromatic nitrogens is 2. The fourth-order valence-electron chi connectivity index (χ4n) is 2.22. The number of H-pyrrole nitrogens is 1. The molecule has 6 heteroatoms. The minimum Gasteiger partial charge on any atom is -0.330 e. The predicted octanol–water partition coefficient (Wildman–Crippen LogP) is 4.66. The number of benzene rings is 2. The Morgan fingerprint density at radius 1 is 1.33 bits per heavy atom. The summed E-state index contributed by atoms with van der Waals surface area (Å²) in [6.45, 7) is 1.68. The quantitative estimate of drug-likeness (QED) is 0.663. The summed E-state index contributed by atoms with van der Waals surface area (Å²) in [4.78, 5) is 2.95. The summed E-state index contributed by atoms with van der Waals surface area (Å²) >= 11 is 11.5. The fourth-order valence-corrected chi connectivity index (χ4v) is 2.73. The van der Waals surface area contributed by atoms with Gasteiger partial charge >= 0.3 is 0 Å². The van der Waals surface area contributed by atoms with Gasteiger partial charge in [-0.25, -0.2) is 4.39 Å². The van der Waals surface area contributed by atoms with E-state index in [2.05, 4.69) is 11.1 Å². The maximum atomic E-state index is 13.7. The Kier molecular flexibility index (Phi) is 3.28. The molecule has 3 aromatic rings. The third-order valence-electron chi connectivity index (χ3n) is 3.28. The Balaban J connectivity index is 2.41. The number of aryl methyl sites for hydroxylation is 1. The van der Waals surface area contributed by atoms with Crippen LogP contribution in [-0.2, 0) is 0 Å². The van der Waals surface area contributed by atoms with Crippen molar-refractivity contribution in [2.75, 3.05) is 0 Å². The molecule has 104 valence electrons. The molecule has 2 aromatic carbocycles. The molecule has 0 bridgehead atoms. The van der Waals surface area contributed by atoms with Crippen molar-refractivity contribution in [2.24, 2.45) is 0 Å². The molecule has 0 radical (unpaired) electrons. The number of nitrogens with zero attached hydrogens (tertiary/aromatic N) is 2. The van der Waals surface area contributed by atoms with Crippen LogP contribution >= 0.6 is 23.8 Å². The maximum Gasteiger partial charge on any atom is 0.182 e. The molecule has 0 saturated heterocycles. The number of nitrogens with one attached hydrogen (secondary N) is 1. The van der Waals surface area contributed by atoms with Crippen molar-refractivity contribution in [3.05, 3.63) is 57.1 Å². The zero-order valence-corrected chi connectivity index (χ0v) is 12.5. The summed E-state index contributed by atoms with van der Waals surface area (Å²) < 4.78 is 15.8. The molecule has 0 unspecified atom stereocenters.